The van der Waals surface area contributed by atoms with E-state index in [-0.39, 0.29) is 11.8 Å². The van der Waals surface area contributed by atoms with Gasteiger partial charge in [0.05, 0.1) is 17.7 Å². The van der Waals surface area contributed by atoms with Gasteiger partial charge in [-0.05, 0) is 13.0 Å². The van der Waals surface area contributed by atoms with Crippen molar-refractivity contribution < 1.29 is 14.3 Å². The molecule has 0 aliphatic heterocycles. The molecule has 0 saturated carbocycles. The summed E-state index contributed by atoms with van der Waals surface area (Å²) in [6.07, 6.45) is 0.0576. The highest BCUT2D eigenvalue weighted by Crippen LogP contribution is 2.28. The number of para-hydroxylation sites is 1. The molecule has 88 valence electrons. The Morgan fingerprint density at radius 1 is 1.47 bits per heavy atom. The van der Waals surface area contributed by atoms with Crippen molar-refractivity contribution in [2.24, 2.45) is 0 Å². The van der Waals surface area contributed by atoms with Gasteiger partial charge < -0.3 is 4.74 Å². The lowest BCUT2D eigenvalue weighted by Crippen LogP contribution is -2.13. The zero-order valence-electron chi connectivity index (χ0n) is 9.14. The van der Waals surface area contributed by atoms with Gasteiger partial charge in [0.15, 0.2) is 6.29 Å². The van der Waals surface area contributed by atoms with Crippen LogP contribution in [-0.2, 0) is 4.74 Å². The van der Waals surface area contributed by atoms with Gasteiger partial charge >= 0.3 is 6.09 Å². The summed E-state index contributed by atoms with van der Waals surface area (Å²) in [5.41, 5.74) is 0.869. The van der Waals surface area contributed by atoms with Crippen molar-refractivity contribution in [1.82, 2.24) is 4.57 Å². The fraction of sp³-hybridized carbons (Fsp3) is 0.167. The smallest absolute Gasteiger partial charge is 0.419 e. The van der Waals surface area contributed by atoms with E-state index in [1.54, 1.807) is 31.2 Å². The quantitative estimate of drug-likeness (QED) is 0.771. The summed E-state index contributed by atoms with van der Waals surface area (Å²) < 4.78 is 6.10. The van der Waals surface area contributed by atoms with Crippen LogP contribution in [0.1, 0.15) is 17.3 Å². The number of carbonyl (C=O) groups excluding carboxylic acids is 2. The van der Waals surface area contributed by atoms with Crippen LogP contribution >= 0.6 is 11.6 Å². The monoisotopic (exact) mass is 251 g/mol. The van der Waals surface area contributed by atoms with Crippen LogP contribution in [0.5, 0.6) is 0 Å². The third-order valence-corrected chi connectivity index (χ3v) is 2.79. The highest BCUT2D eigenvalue weighted by molar-refractivity contribution is 6.35. The largest absolute Gasteiger partial charge is 0.449 e. The Morgan fingerprint density at radius 2 is 2.18 bits per heavy atom. The molecule has 0 aliphatic carbocycles. The summed E-state index contributed by atoms with van der Waals surface area (Å²) in [6, 6.07) is 7.00. The van der Waals surface area contributed by atoms with E-state index in [9.17, 15) is 9.59 Å². The molecule has 0 unspecified atom stereocenters. The van der Waals surface area contributed by atoms with E-state index < -0.39 is 6.09 Å². The topological polar surface area (TPSA) is 48.3 Å². The van der Waals surface area contributed by atoms with E-state index in [4.69, 9.17) is 16.3 Å². The first-order chi connectivity index (χ1) is 8.20. The van der Waals surface area contributed by atoms with E-state index >= 15 is 0 Å². The molecule has 0 radical (unpaired) electrons. The Kier molecular flexibility index (Phi) is 3.15. The molecule has 1 heterocycles. The van der Waals surface area contributed by atoms with Crippen LogP contribution in [0.3, 0.4) is 0 Å². The summed E-state index contributed by atoms with van der Waals surface area (Å²) in [7, 11) is 0. The third-order valence-electron chi connectivity index (χ3n) is 2.42. The SMILES string of the molecule is CCOC(=O)n1c(Cl)c(C=O)c2ccccc21. The zero-order valence-corrected chi connectivity index (χ0v) is 9.90. The molecule has 0 saturated heterocycles. The van der Waals surface area contributed by atoms with Crippen LogP contribution in [0.25, 0.3) is 10.9 Å². The Hall–Kier alpha value is -1.81. The van der Waals surface area contributed by atoms with Crippen molar-refractivity contribution in [2.75, 3.05) is 6.61 Å². The maximum absolute atomic E-state index is 11.7. The molecular weight excluding hydrogens is 242 g/mol. The third kappa shape index (κ3) is 1.80. The first-order valence-corrected chi connectivity index (χ1v) is 5.49. The summed E-state index contributed by atoms with van der Waals surface area (Å²) in [6.45, 7) is 1.95. The predicted octanol–water partition coefficient (Wildman–Crippen LogP) is 3.11. The van der Waals surface area contributed by atoms with Gasteiger partial charge in [0, 0.05) is 5.39 Å². The van der Waals surface area contributed by atoms with Gasteiger partial charge in [-0.2, -0.15) is 0 Å². The normalized spacial score (nSPS) is 10.5. The number of hydrogen-bond acceptors (Lipinski definition) is 3. The minimum atomic E-state index is -0.582. The molecule has 0 N–H and O–H groups in total. The van der Waals surface area contributed by atoms with Crippen LogP contribution in [0, 0.1) is 0 Å². The molecule has 0 bridgehead atoms. The summed E-state index contributed by atoms with van der Waals surface area (Å²) >= 11 is 6.01. The van der Waals surface area contributed by atoms with Gasteiger partial charge in [0.25, 0.3) is 0 Å². The molecule has 17 heavy (non-hydrogen) atoms. The lowest BCUT2D eigenvalue weighted by molar-refractivity contribution is 0.112. The molecule has 2 rings (SSSR count). The average molecular weight is 252 g/mol. The number of nitrogens with zero attached hydrogens (tertiary/aromatic N) is 1. The number of ether oxygens (including phenoxy) is 1. The number of aldehydes is 1. The number of hydrogen-bond donors (Lipinski definition) is 0. The zero-order chi connectivity index (χ0) is 12.4. The van der Waals surface area contributed by atoms with Crippen molar-refractivity contribution in [3.05, 3.63) is 35.0 Å². The molecule has 0 fully saturated rings. The minimum Gasteiger partial charge on any atom is -0.449 e. The maximum Gasteiger partial charge on any atom is 0.419 e. The van der Waals surface area contributed by atoms with Crippen LogP contribution in [0.4, 0.5) is 4.79 Å². The van der Waals surface area contributed by atoms with Crippen molar-refractivity contribution in [1.29, 1.82) is 0 Å². The van der Waals surface area contributed by atoms with Crippen molar-refractivity contribution >= 4 is 34.9 Å². The number of rotatable bonds is 2. The maximum atomic E-state index is 11.7. The predicted molar refractivity (Wildman–Crippen MR) is 64.8 cm³/mol. The molecular formula is C12H10ClNO3. The van der Waals surface area contributed by atoms with Gasteiger partial charge in [-0.1, -0.05) is 29.8 Å². The molecule has 1 aromatic heterocycles. The van der Waals surface area contributed by atoms with Crippen molar-refractivity contribution in [3.63, 3.8) is 0 Å². The fourth-order valence-electron chi connectivity index (χ4n) is 1.71. The Balaban J connectivity index is 2.74. The molecule has 5 heteroatoms. The molecule has 0 aliphatic rings. The number of aromatic nitrogens is 1. The first kappa shape index (κ1) is 11.7. The summed E-state index contributed by atoms with van der Waals surface area (Å²) in [4.78, 5) is 22.7. The van der Waals surface area contributed by atoms with Gasteiger partial charge in [-0.25, -0.2) is 9.36 Å². The van der Waals surface area contributed by atoms with Gasteiger partial charge in [0.2, 0.25) is 0 Å². The Bertz CT molecular complexity index is 589. The molecule has 0 atom stereocenters. The van der Waals surface area contributed by atoms with Gasteiger partial charge in [0.1, 0.15) is 5.15 Å². The van der Waals surface area contributed by atoms with Crippen LogP contribution in [0.2, 0.25) is 5.15 Å². The lowest BCUT2D eigenvalue weighted by Gasteiger charge is -2.04. The number of halogens is 1. The van der Waals surface area contributed by atoms with E-state index in [0.29, 0.717) is 22.8 Å². The molecule has 2 aromatic rings. The summed E-state index contributed by atoms with van der Waals surface area (Å²) in [5, 5.41) is 0.722. The first-order valence-electron chi connectivity index (χ1n) is 5.12. The van der Waals surface area contributed by atoms with E-state index in [1.807, 2.05) is 0 Å². The van der Waals surface area contributed by atoms with E-state index in [2.05, 4.69) is 0 Å². The number of fused-ring (bicyclic) bond motifs is 1. The van der Waals surface area contributed by atoms with E-state index in [1.165, 1.54) is 4.57 Å². The van der Waals surface area contributed by atoms with Crippen LogP contribution < -0.4 is 0 Å². The Morgan fingerprint density at radius 3 is 2.82 bits per heavy atom. The second kappa shape index (κ2) is 4.59. The number of benzene rings is 1. The Labute approximate surface area is 103 Å². The minimum absolute atomic E-state index is 0.0830. The van der Waals surface area contributed by atoms with Gasteiger partial charge in [-0.3, -0.25) is 4.79 Å². The van der Waals surface area contributed by atoms with Gasteiger partial charge in [-0.15, -0.1) is 0 Å². The van der Waals surface area contributed by atoms with E-state index in [0.717, 1.165) is 0 Å². The van der Waals surface area contributed by atoms with Crippen LogP contribution in [0.15, 0.2) is 24.3 Å². The molecule has 4 nitrogen and oxygen atoms in total. The summed E-state index contributed by atoms with van der Waals surface area (Å²) in [5.74, 6) is 0. The highest BCUT2D eigenvalue weighted by Gasteiger charge is 2.19. The number of carbonyl (C=O) groups is 2. The van der Waals surface area contributed by atoms with Crippen molar-refractivity contribution in [3.8, 4) is 0 Å². The molecule has 1 aromatic carbocycles. The van der Waals surface area contributed by atoms with Crippen molar-refractivity contribution in [2.45, 2.75) is 6.92 Å². The fourth-order valence-corrected chi connectivity index (χ4v) is 2.02. The molecule has 0 spiro atoms. The lowest BCUT2D eigenvalue weighted by atomic mass is 10.2. The molecule has 0 amide bonds. The second-order valence-electron chi connectivity index (χ2n) is 3.37. The standard InChI is InChI=1S/C12H10ClNO3/c1-2-17-12(16)14-10-6-4-3-5-8(10)9(7-15)11(14)13/h3-7H,2H2,1H3. The second-order valence-corrected chi connectivity index (χ2v) is 3.73. The average Bonchev–Trinajstić information content (AvgIpc) is 2.61. The van der Waals surface area contributed by atoms with Crippen LogP contribution in [-0.4, -0.2) is 23.6 Å². The highest BCUT2D eigenvalue weighted by atomic mass is 35.5.